The molecule has 0 aliphatic carbocycles. The van der Waals surface area contributed by atoms with Gasteiger partial charge in [-0.25, -0.2) is 14.6 Å². The lowest BCUT2D eigenvalue weighted by Crippen LogP contribution is -2.30. The van der Waals surface area contributed by atoms with Crippen LogP contribution in [0.4, 0.5) is 0 Å². The Morgan fingerprint density at radius 1 is 1.03 bits per heavy atom. The highest BCUT2D eigenvalue weighted by atomic mass is 16.5. The Hall–Kier alpha value is -3.85. The van der Waals surface area contributed by atoms with Crippen molar-refractivity contribution in [2.45, 2.75) is 45.4 Å². The maximum absolute atomic E-state index is 5.58. The molecule has 1 aliphatic heterocycles. The number of nitrogens with zero attached hydrogens (tertiary/aromatic N) is 8. The summed E-state index contributed by atoms with van der Waals surface area (Å²) in [5.74, 6) is 3.17. The van der Waals surface area contributed by atoms with E-state index >= 15 is 0 Å². The second-order valence-electron chi connectivity index (χ2n) is 10.3. The van der Waals surface area contributed by atoms with Crippen LogP contribution >= 0.6 is 0 Å². The number of aromatic nitrogens is 7. The van der Waals surface area contributed by atoms with Crippen LogP contribution in [-0.4, -0.2) is 66.4 Å². The van der Waals surface area contributed by atoms with Gasteiger partial charge in [-0.1, -0.05) is 13.3 Å². The van der Waals surface area contributed by atoms with Gasteiger partial charge in [-0.05, 0) is 58.5 Å². The van der Waals surface area contributed by atoms with E-state index in [9.17, 15) is 0 Å². The highest BCUT2D eigenvalue weighted by molar-refractivity contribution is 5.87. The first kappa shape index (κ1) is 24.5. The second kappa shape index (κ2) is 9.79. The zero-order chi connectivity index (χ0) is 26.4. The predicted octanol–water partition coefficient (Wildman–Crippen LogP) is 4.84. The highest BCUT2D eigenvalue weighted by Gasteiger charge is 2.25. The third-order valence-corrected chi connectivity index (χ3v) is 7.78. The standard InChI is InChI=1S/C29H34N8O/c1-6-7-22-28-25(36(4)29(34-28)19-9-12-35(3)13-10-19)15-27(33-22)37-24-14-23(32-18(2)20(24)17-31-37)21-16-30-11-8-26(21)38-5/h8,11,14-17,19H,6-7,9-10,12-13H2,1-5H3. The van der Waals surface area contributed by atoms with Crippen molar-refractivity contribution in [2.75, 3.05) is 27.2 Å². The molecular formula is C29H34N8O. The summed E-state index contributed by atoms with van der Waals surface area (Å²) in [5.41, 5.74) is 6.63. The molecule has 1 aliphatic rings. The molecular weight excluding hydrogens is 476 g/mol. The number of rotatable bonds is 6. The molecule has 0 spiro atoms. The molecule has 1 saturated heterocycles. The average molecular weight is 511 g/mol. The summed E-state index contributed by atoms with van der Waals surface area (Å²) in [6, 6.07) is 6.03. The number of imidazole rings is 1. The van der Waals surface area contributed by atoms with E-state index < -0.39 is 0 Å². The molecule has 0 saturated carbocycles. The quantitative estimate of drug-likeness (QED) is 0.323. The Kier molecular flexibility index (Phi) is 6.31. The fraction of sp³-hybridized carbons (Fsp3) is 0.414. The minimum absolute atomic E-state index is 0.470. The van der Waals surface area contributed by atoms with Gasteiger partial charge in [0.25, 0.3) is 0 Å². The van der Waals surface area contributed by atoms with Crippen LogP contribution in [0, 0.1) is 6.92 Å². The minimum atomic E-state index is 0.470. The molecule has 9 nitrogen and oxygen atoms in total. The molecule has 0 bridgehead atoms. The minimum Gasteiger partial charge on any atom is -0.496 e. The van der Waals surface area contributed by atoms with Gasteiger partial charge in [-0.15, -0.1) is 0 Å². The Labute approximate surface area is 222 Å². The molecule has 6 heterocycles. The molecule has 0 unspecified atom stereocenters. The largest absolute Gasteiger partial charge is 0.496 e. The average Bonchev–Trinajstić information content (AvgIpc) is 3.51. The third kappa shape index (κ3) is 4.11. The number of pyridine rings is 3. The Morgan fingerprint density at radius 2 is 1.84 bits per heavy atom. The van der Waals surface area contributed by atoms with E-state index in [1.165, 1.54) is 5.82 Å². The number of hydrogen-bond acceptors (Lipinski definition) is 7. The van der Waals surface area contributed by atoms with Crippen molar-refractivity contribution in [1.82, 2.24) is 39.2 Å². The van der Waals surface area contributed by atoms with Gasteiger partial charge in [-0.2, -0.15) is 5.10 Å². The van der Waals surface area contributed by atoms with E-state index in [0.717, 1.165) is 94.9 Å². The van der Waals surface area contributed by atoms with Crippen LogP contribution in [0.15, 0.2) is 36.8 Å². The smallest absolute Gasteiger partial charge is 0.156 e. The summed E-state index contributed by atoms with van der Waals surface area (Å²) in [6.07, 6.45) is 9.52. The lowest BCUT2D eigenvalue weighted by atomic mass is 9.96. The van der Waals surface area contributed by atoms with E-state index in [-0.39, 0.29) is 0 Å². The number of aryl methyl sites for hydroxylation is 3. The molecule has 0 amide bonds. The van der Waals surface area contributed by atoms with E-state index in [1.807, 2.05) is 29.9 Å². The molecule has 196 valence electrons. The summed E-state index contributed by atoms with van der Waals surface area (Å²) < 4.78 is 9.79. The zero-order valence-corrected chi connectivity index (χ0v) is 22.8. The number of piperidine rings is 1. The van der Waals surface area contributed by atoms with E-state index in [2.05, 4.69) is 41.5 Å². The van der Waals surface area contributed by atoms with Gasteiger partial charge in [-0.3, -0.25) is 9.97 Å². The number of fused-ring (bicyclic) bond motifs is 2. The van der Waals surface area contributed by atoms with Gasteiger partial charge in [0.15, 0.2) is 5.82 Å². The summed E-state index contributed by atoms with van der Waals surface area (Å²) in [6.45, 7) is 6.41. The van der Waals surface area contributed by atoms with Gasteiger partial charge in [0.05, 0.1) is 41.3 Å². The molecule has 1 fully saturated rings. The lowest BCUT2D eigenvalue weighted by molar-refractivity contribution is 0.250. The molecule has 6 rings (SSSR count). The van der Waals surface area contributed by atoms with E-state index in [1.54, 1.807) is 19.5 Å². The Bertz CT molecular complexity index is 1630. The predicted molar refractivity (Wildman–Crippen MR) is 149 cm³/mol. The number of methoxy groups -OCH3 is 1. The van der Waals surface area contributed by atoms with Crippen LogP contribution in [0.25, 0.3) is 39.0 Å². The SMILES string of the molecule is CCCc1nc(-n2ncc3c(C)nc(-c4cnccc4OC)cc32)cc2c1nc(C1CCN(C)CC1)n2C. The van der Waals surface area contributed by atoms with Crippen molar-refractivity contribution >= 4 is 21.9 Å². The first-order chi connectivity index (χ1) is 18.5. The van der Waals surface area contributed by atoms with Crippen molar-refractivity contribution in [1.29, 1.82) is 0 Å². The summed E-state index contributed by atoms with van der Waals surface area (Å²) in [7, 11) is 6.00. The van der Waals surface area contributed by atoms with Crippen molar-refractivity contribution in [3.63, 3.8) is 0 Å². The molecule has 5 aromatic heterocycles. The van der Waals surface area contributed by atoms with Gasteiger partial charge < -0.3 is 14.2 Å². The first-order valence-corrected chi connectivity index (χ1v) is 13.4. The molecule has 0 aromatic carbocycles. The fourth-order valence-electron chi connectivity index (χ4n) is 5.65. The number of hydrogen-bond donors (Lipinski definition) is 0. The summed E-state index contributed by atoms with van der Waals surface area (Å²) in [5, 5.41) is 5.77. The van der Waals surface area contributed by atoms with Crippen molar-refractivity contribution in [2.24, 2.45) is 7.05 Å². The zero-order valence-electron chi connectivity index (χ0n) is 22.8. The maximum Gasteiger partial charge on any atom is 0.156 e. The van der Waals surface area contributed by atoms with E-state index in [4.69, 9.17) is 24.8 Å². The molecule has 0 N–H and O–H groups in total. The van der Waals surface area contributed by atoms with Crippen LogP contribution in [0.2, 0.25) is 0 Å². The van der Waals surface area contributed by atoms with Gasteiger partial charge in [0.1, 0.15) is 17.1 Å². The van der Waals surface area contributed by atoms with Crippen molar-refractivity contribution in [3.8, 4) is 22.8 Å². The van der Waals surface area contributed by atoms with Gasteiger partial charge in [0.2, 0.25) is 0 Å². The molecule has 0 radical (unpaired) electrons. The van der Waals surface area contributed by atoms with Crippen LogP contribution in [0.3, 0.4) is 0 Å². The van der Waals surface area contributed by atoms with Crippen LogP contribution in [0.1, 0.15) is 49.3 Å². The lowest BCUT2D eigenvalue weighted by Gasteiger charge is -2.28. The maximum atomic E-state index is 5.58. The molecule has 5 aromatic rings. The monoisotopic (exact) mass is 510 g/mol. The Balaban J connectivity index is 1.51. The van der Waals surface area contributed by atoms with Crippen molar-refractivity contribution in [3.05, 3.63) is 54.0 Å². The highest BCUT2D eigenvalue weighted by Crippen LogP contribution is 2.33. The van der Waals surface area contributed by atoms with Crippen molar-refractivity contribution < 1.29 is 4.74 Å². The van der Waals surface area contributed by atoms with Crippen LogP contribution in [-0.2, 0) is 13.5 Å². The third-order valence-electron chi connectivity index (χ3n) is 7.78. The van der Waals surface area contributed by atoms with Crippen LogP contribution in [0.5, 0.6) is 5.75 Å². The molecule has 9 heteroatoms. The fourth-order valence-corrected chi connectivity index (χ4v) is 5.65. The first-order valence-electron chi connectivity index (χ1n) is 13.4. The van der Waals surface area contributed by atoms with Gasteiger partial charge in [0, 0.05) is 42.5 Å². The summed E-state index contributed by atoms with van der Waals surface area (Å²) in [4.78, 5) is 21.8. The van der Waals surface area contributed by atoms with Gasteiger partial charge >= 0.3 is 0 Å². The Morgan fingerprint density at radius 3 is 2.61 bits per heavy atom. The molecule has 0 atom stereocenters. The number of ether oxygens (including phenoxy) is 1. The van der Waals surface area contributed by atoms with Crippen LogP contribution < -0.4 is 4.74 Å². The second-order valence-corrected chi connectivity index (χ2v) is 10.3. The topological polar surface area (TPSA) is 86.8 Å². The van der Waals surface area contributed by atoms with E-state index in [0.29, 0.717) is 5.92 Å². The normalized spacial score (nSPS) is 15.1. The molecule has 38 heavy (non-hydrogen) atoms. The number of likely N-dealkylation sites (tertiary alicyclic amines) is 1. The summed E-state index contributed by atoms with van der Waals surface area (Å²) >= 11 is 0.